The summed E-state index contributed by atoms with van der Waals surface area (Å²) in [5, 5.41) is 21.1. The number of nitrogens with one attached hydrogen (secondary N) is 2. The van der Waals surface area contributed by atoms with Crippen LogP contribution in [0.3, 0.4) is 0 Å². The molecule has 1 unspecified atom stereocenters. The Hall–Kier alpha value is -1.11. The Morgan fingerprint density at radius 2 is 2.16 bits per heavy atom. The van der Waals surface area contributed by atoms with E-state index in [1.54, 1.807) is 18.3 Å². The van der Waals surface area contributed by atoms with Crippen molar-refractivity contribution in [3.63, 3.8) is 0 Å². The van der Waals surface area contributed by atoms with Gasteiger partial charge in [-0.15, -0.1) is 0 Å². The van der Waals surface area contributed by atoms with Gasteiger partial charge in [0, 0.05) is 19.7 Å². The molecule has 142 valence electrons. The fraction of sp³-hybridized carbons (Fsp3) is 0.737. The first-order valence-corrected chi connectivity index (χ1v) is 10.4. The SMILES string of the molecule is CCNC(=NCC(C)(O)c1ccsc1)NCCCOC1CCCCC1. The van der Waals surface area contributed by atoms with Crippen molar-refractivity contribution in [2.45, 2.75) is 64.1 Å². The molecule has 1 aromatic rings. The van der Waals surface area contributed by atoms with Gasteiger partial charge in [-0.3, -0.25) is 0 Å². The maximum Gasteiger partial charge on any atom is 0.191 e. The van der Waals surface area contributed by atoms with E-state index in [2.05, 4.69) is 15.6 Å². The second kappa shape index (κ2) is 10.8. The van der Waals surface area contributed by atoms with Crippen LogP contribution in [0, 0.1) is 0 Å². The Morgan fingerprint density at radius 3 is 2.84 bits per heavy atom. The molecule has 25 heavy (non-hydrogen) atoms. The summed E-state index contributed by atoms with van der Waals surface area (Å²) >= 11 is 1.59. The molecule has 0 aliphatic heterocycles. The molecule has 0 amide bonds. The van der Waals surface area contributed by atoms with Gasteiger partial charge in [-0.2, -0.15) is 11.3 Å². The maximum atomic E-state index is 10.6. The van der Waals surface area contributed by atoms with Crippen molar-refractivity contribution < 1.29 is 9.84 Å². The highest BCUT2D eigenvalue weighted by Crippen LogP contribution is 2.23. The zero-order chi connectivity index (χ0) is 18.0. The molecule has 0 saturated heterocycles. The lowest BCUT2D eigenvalue weighted by Gasteiger charge is -2.22. The molecule has 0 radical (unpaired) electrons. The lowest BCUT2D eigenvalue weighted by molar-refractivity contribution is 0.0276. The van der Waals surface area contributed by atoms with Crippen molar-refractivity contribution in [1.82, 2.24) is 10.6 Å². The van der Waals surface area contributed by atoms with E-state index in [1.807, 2.05) is 23.8 Å². The number of ether oxygens (including phenoxy) is 1. The quantitative estimate of drug-likeness (QED) is 0.356. The zero-order valence-corrected chi connectivity index (χ0v) is 16.4. The van der Waals surface area contributed by atoms with E-state index in [-0.39, 0.29) is 0 Å². The number of thiophene rings is 1. The summed E-state index contributed by atoms with van der Waals surface area (Å²) < 4.78 is 5.95. The number of nitrogens with zero attached hydrogens (tertiary/aromatic N) is 1. The van der Waals surface area contributed by atoms with Crippen LogP contribution in [-0.2, 0) is 10.3 Å². The Bertz CT molecular complexity index is 497. The Balaban J connectivity index is 1.70. The van der Waals surface area contributed by atoms with Gasteiger partial charge >= 0.3 is 0 Å². The van der Waals surface area contributed by atoms with E-state index < -0.39 is 5.60 Å². The number of hydrogen-bond donors (Lipinski definition) is 3. The average molecular weight is 368 g/mol. The van der Waals surface area contributed by atoms with Gasteiger partial charge < -0.3 is 20.5 Å². The standard InChI is InChI=1S/C19H33N3O2S/c1-3-20-18(22-15-19(2,23)16-10-13-25-14-16)21-11-7-12-24-17-8-5-4-6-9-17/h10,13-14,17,23H,3-9,11-12,15H2,1-2H3,(H2,20,21,22). The van der Waals surface area contributed by atoms with Gasteiger partial charge in [0.25, 0.3) is 0 Å². The van der Waals surface area contributed by atoms with Crippen molar-refractivity contribution in [3.05, 3.63) is 22.4 Å². The molecule has 6 heteroatoms. The Labute approximate surface area is 155 Å². The molecule has 3 N–H and O–H groups in total. The van der Waals surface area contributed by atoms with E-state index in [0.29, 0.717) is 12.6 Å². The van der Waals surface area contributed by atoms with E-state index >= 15 is 0 Å². The fourth-order valence-corrected chi connectivity index (χ4v) is 3.78. The number of guanidine groups is 1. The summed E-state index contributed by atoms with van der Waals surface area (Å²) in [6.45, 7) is 6.59. The molecule has 1 saturated carbocycles. The summed E-state index contributed by atoms with van der Waals surface area (Å²) in [6.07, 6.45) is 7.84. The van der Waals surface area contributed by atoms with Crippen molar-refractivity contribution >= 4 is 17.3 Å². The minimum Gasteiger partial charge on any atom is -0.383 e. The largest absolute Gasteiger partial charge is 0.383 e. The van der Waals surface area contributed by atoms with Crippen LogP contribution in [0.5, 0.6) is 0 Å². The molecule has 0 bridgehead atoms. The minimum absolute atomic E-state index is 0.331. The summed E-state index contributed by atoms with van der Waals surface area (Å²) in [4.78, 5) is 4.54. The third-order valence-electron chi connectivity index (χ3n) is 4.55. The molecular formula is C19H33N3O2S. The summed E-state index contributed by atoms with van der Waals surface area (Å²) in [7, 11) is 0. The number of rotatable bonds is 9. The van der Waals surface area contributed by atoms with Crippen LogP contribution < -0.4 is 10.6 Å². The second-order valence-corrected chi connectivity index (χ2v) is 7.67. The Morgan fingerprint density at radius 1 is 1.36 bits per heavy atom. The molecule has 1 aliphatic carbocycles. The summed E-state index contributed by atoms with van der Waals surface area (Å²) in [5.74, 6) is 0.746. The molecule has 1 aromatic heterocycles. The Kier molecular flexibility index (Phi) is 8.72. The van der Waals surface area contributed by atoms with Crippen LogP contribution in [0.4, 0.5) is 0 Å². The first-order valence-electron chi connectivity index (χ1n) is 9.50. The molecule has 2 rings (SSSR count). The normalized spacial score (nSPS) is 18.8. The van der Waals surface area contributed by atoms with Crippen LogP contribution in [0.15, 0.2) is 21.8 Å². The number of aliphatic hydroxyl groups is 1. The predicted molar refractivity (Wildman–Crippen MR) is 105 cm³/mol. The van der Waals surface area contributed by atoms with Gasteiger partial charge in [0.05, 0.1) is 12.6 Å². The van der Waals surface area contributed by atoms with Crippen LogP contribution in [0.1, 0.15) is 57.9 Å². The molecule has 1 heterocycles. The van der Waals surface area contributed by atoms with Gasteiger partial charge in [-0.25, -0.2) is 4.99 Å². The second-order valence-electron chi connectivity index (χ2n) is 6.89. The van der Waals surface area contributed by atoms with Gasteiger partial charge in [-0.05, 0) is 55.5 Å². The van der Waals surface area contributed by atoms with Crippen LogP contribution in [-0.4, -0.2) is 43.4 Å². The van der Waals surface area contributed by atoms with Crippen LogP contribution >= 0.6 is 11.3 Å². The van der Waals surface area contributed by atoms with Crippen molar-refractivity contribution in [2.24, 2.45) is 4.99 Å². The number of hydrogen-bond acceptors (Lipinski definition) is 4. The van der Waals surface area contributed by atoms with Crippen molar-refractivity contribution in [2.75, 3.05) is 26.2 Å². The van der Waals surface area contributed by atoms with Crippen LogP contribution in [0.25, 0.3) is 0 Å². The molecule has 1 atom stereocenters. The predicted octanol–water partition coefficient (Wildman–Crippen LogP) is 3.25. The monoisotopic (exact) mass is 367 g/mol. The van der Waals surface area contributed by atoms with Crippen molar-refractivity contribution in [1.29, 1.82) is 0 Å². The smallest absolute Gasteiger partial charge is 0.191 e. The lowest BCUT2D eigenvalue weighted by Crippen LogP contribution is -2.39. The van der Waals surface area contributed by atoms with E-state index in [9.17, 15) is 5.11 Å². The maximum absolute atomic E-state index is 10.6. The number of aliphatic imine (C=N–C) groups is 1. The molecule has 1 aliphatic rings. The lowest BCUT2D eigenvalue weighted by atomic mass is 9.98. The third-order valence-corrected chi connectivity index (χ3v) is 5.23. The molecule has 5 nitrogen and oxygen atoms in total. The highest BCUT2D eigenvalue weighted by molar-refractivity contribution is 7.08. The summed E-state index contributed by atoms with van der Waals surface area (Å²) in [5.41, 5.74) is -0.0233. The van der Waals surface area contributed by atoms with Crippen LogP contribution in [0.2, 0.25) is 0 Å². The van der Waals surface area contributed by atoms with E-state index in [1.165, 1.54) is 32.1 Å². The van der Waals surface area contributed by atoms with Gasteiger partial charge in [-0.1, -0.05) is 19.3 Å². The zero-order valence-electron chi connectivity index (χ0n) is 15.6. The molecule has 1 fully saturated rings. The molecule has 0 aromatic carbocycles. The van der Waals surface area contributed by atoms with Gasteiger partial charge in [0.1, 0.15) is 5.60 Å². The first kappa shape index (κ1) is 20.2. The first-order chi connectivity index (χ1) is 12.1. The topological polar surface area (TPSA) is 65.9 Å². The highest BCUT2D eigenvalue weighted by Gasteiger charge is 2.23. The van der Waals surface area contributed by atoms with Crippen molar-refractivity contribution in [3.8, 4) is 0 Å². The van der Waals surface area contributed by atoms with E-state index in [4.69, 9.17) is 4.74 Å². The molecule has 0 spiro atoms. The van der Waals surface area contributed by atoms with E-state index in [0.717, 1.165) is 37.6 Å². The van der Waals surface area contributed by atoms with Gasteiger partial charge in [0.2, 0.25) is 0 Å². The van der Waals surface area contributed by atoms with Gasteiger partial charge in [0.15, 0.2) is 5.96 Å². The highest BCUT2D eigenvalue weighted by atomic mass is 32.1. The third kappa shape index (κ3) is 7.34. The minimum atomic E-state index is -0.938. The average Bonchev–Trinajstić information content (AvgIpc) is 3.16. The summed E-state index contributed by atoms with van der Waals surface area (Å²) in [6, 6.07) is 1.95. The molecular weight excluding hydrogens is 334 g/mol. The fourth-order valence-electron chi connectivity index (χ4n) is 3.00.